The number of amides is 2. The number of likely N-dealkylation sites (N-methyl/N-ethyl adjacent to an activating group) is 1. The molecule has 2 amide bonds. The van der Waals surface area contributed by atoms with Crippen molar-refractivity contribution in [2.45, 2.75) is 37.8 Å². The lowest BCUT2D eigenvalue weighted by Gasteiger charge is -2.31. The molecule has 2 atom stereocenters. The van der Waals surface area contributed by atoms with E-state index in [4.69, 9.17) is 5.11 Å². The second kappa shape index (κ2) is 8.88. The normalized spacial score (nSPS) is 13.9. The Morgan fingerprint density at radius 3 is 2.11 bits per heavy atom. The second-order valence-electron chi connectivity index (χ2n) is 6.31. The number of carboxylic acids is 3. The monoisotopic (exact) mass is 382 g/mol. The molecule has 0 fully saturated rings. The Bertz CT molecular complexity index is 718. The highest BCUT2D eigenvalue weighted by Crippen LogP contribution is 2.18. The number of hydrogen-bond donors (Lipinski definition) is 5. The summed E-state index contributed by atoms with van der Waals surface area (Å²) in [5.74, 6) is -3.95. The molecule has 0 aliphatic heterocycles. The average molecular weight is 382 g/mol. The number of nitrogens with zero attached hydrogens (tertiary/aromatic N) is 1. The van der Waals surface area contributed by atoms with E-state index in [-0.39, 0.29) is 18.6 Å². The first kappa shape index (κ1) is 21.7. The Hall–Kier alpha value is -3.30. The zero-order valence-electron chi connectivity index (χ0n) is 14.9. The summed E-state index contributed by atoms with van der Waals surface area (Å²) >= 11 is 0. The van der Waals surface area contributed by atoms with Crippen LogP contribution in [0.25, 0.3) is 0 Å². The van der Waals surface area contributed by atoms with Crippen LogP contribution in [-0.2, 0) is 20.8 Å². The van der Waals surface area contributed by atoms with E-state index in [1.165, 1.54) is 31.2 Å². The van der Waals surface area contributed by atoms with E-state index in [0.717, 1.165) is 11.9 Å². The van der Waals surface area contributed by atoms with E-state index >= 15 is 0 Å². The summed E-state index contributed by atoms with van der Waals surface area (Å²) in [6, 6.07) is 3.36. The predicted molar refractivity (Wildman–Crippen MR) is 92.4 cm³/mol. The summed E-state index contributed by atoms with van der Waals surface area (Å²) in [6.07, 6.45) is -0.899. The first-order valence-corrected chi connectivity index (χ1v) is 7.97. The molecule has 0 heterocycles. The van der Waals surface area contributed by atoms with Crippen molar-refractivity contribution in [3.05, 3.63) is 29.8 Å². The lowest BCUT2D eigenvalue weighted by Crippen LogP contribution is -2.59. The second-order valence-corrected chi connectivity index (χ2v) is 6.31. The third-order valence-electron chi connectivity index (χ3n) is 4.05. The fourth-order valence-electron chi connectivity index (χ4n) is 2.40. The summed E-state index contributed by atoms with van der Waals surface area (Å²) in [5, 5.41) is 39.0. The molecule has 5 N–H and O–H groups in total. The van der Waals surface area contributed by atoms with Crippen LogP contribution in [0.1, 0.15) is 25.3 Å². The highest BCUT2D eigenvalue weighted by molar-refractivity contribution is 5.88. The van der Waals surface area contributed by atoms with Gasteiger partial charge < -0.3 is 30.6 Å². The van der Waals surface area contributed by atoms with Crippen LogP contribution in [0.2, 0.25) is 0 Å². The molecule has 0 aromatic heterocycles. The number of carbonyl (C=O) groups excluding carboxylic acids is 1. The molecule has 0 aliphatic carbocycles. The van der Waals surface area contributed by atoms with Crippen molar-refractivity contribution in [1.82, 2.24) is 10.2 Å². The van der Waals surface area contributed by atoms with Crippen molar-refractivity contribution >= 4 is 23.9 Å². The number of phenols is 1. The Morgan fingerprint density at radius 2 is 1.67 bits per heavy atom. The third-order valence-corrected chi connectivity index (χ3v) is 4.05. The smallest absolute Gasteiger partial charge is 0.329 e. The largest absolute Gasteiger partial charge is 0.508 e. The van der Waals surface area contributed by atoms with Crippen molar-refractivity contribution in [3.8, 4) is 5.75 Å². The quantitative estimate of drug-likeness (QED) is 0.417. The molecule has 148 valence electrons. The van der Waals surface area contributed by atoms with Gasteiger partial charge in [0.25, 0.3) is 0 Å². The van der Waals surface area contributed by atoms with Gasteiger partial charge in [0.1, 0.15) is 17.3 Å². The number of phenolic OH excluding ortho intramolecular Hbond substituents is 1. The predicted octanol–water partition coefficient (Wildman–Crippen LogP) is 0.737. The number of urea groups is 1. The van der Waals surface area contributed by atoms with Crippen molar-refractivity contribution in [2.75, 3.05) is 7.05 Å². The van der Waals surface area contributed by atoms with E-state index in [0.29, 0.717) is 5.56 Å². The Kier molecular flexibility index (Phi) is 7.15. The first-order valence-electron chi connectivity index (χ1n) is 7.97. The van der Waals surface area contributed by atoms with E-state index in [2.05, 4.69) is 5.32 Å². The Balaban J connectivity index is 2.94. The van der Waals surface area contributed by atoms with Crippen LogP contribution in [0.4, 0.5) is 4.79 Å². The number of aliphatic carboxylic acids is 3. The van der Waals surface area contributed by atoms with Gasteiger partial charge >= 0.3 is 23.9 Å². The highest BCUT2D eigenvalue weighted by Gasteiger charge is 2.38. The minimum atomic E-state index is -1.75. The molecule has 0 saturated carbocycles. The molecule has 0 spiro atoms. The number of carbonyl (C=O) groups is 4. The van der Waals surface area contributed by atoms with Gasteiger partial charge in [-0.25, -0.2) is 14.4 Å². The van der Waals surface area contributed by atoms with Crippen LogP contribution in [-0.4, -0.2) is 67.9 Å². The van der Waals surface area contributed by atoms with Crippen LogP contribution in [0.3, 0.4) is 0 Å². The average Bonchev–Trinajstić information content (AvgIpc) is 2.56. The van der Waals surface area contributed by atoms with Crippen LogP contribution in [0.5, 0.6) is 5.75 Å². The molecule has 2 unspecified atom stereocenters. The maximum absolute atomic E-state index is 12.4. The van der Waals surface area contributed by atoms with Crippen molar-refractivity contribution in [2.24, 2.45) is 0 Å². The summed E-state index contributed by atoms with van der Waals surface area (Å²) in [6.45, 7) is 1.26. The van der Waals surface area contributed by atoms with Gasteiger partial charge in [0, 0.05) is 19.9 Å². The maximum atomic E-state index is 12.4. The van der Waals surface area contributed by atoms with E-state index < -0.39 is 41.9 Å². The fourth-order valence-corrected chi connectivity index (χ4v) is 2.40. The Morgan fingerprint density at radius 1 is 1.11 bits per heavy atom. The number of hydrogen-bond acceptors (Lipinski definition) is 5. The number of rotatable bonds is 9. The highest BCUT2D eigenvalue weighted by atomic mass is 16.4. The summed E-state index contributed by atoms with van der Waals surface area (Å²) in [7, 11) is 1.15. The molecule has 10 nitrogen and oxygen atoms in total. The molecule has 10 heteroatoms. The lowest BCUT2D eigenvalue weighted by atomic mass is 9.93. The van der Waals surface area contributed by atoms with Gasteiger partial charge in [-0.2, -0.15) is 0 Å². The zero-order chi connectivity index (χ0) is 20.8. The molecule has 0 saturated heterocycles. The molecule has 27 heavy (non-hydrogen) atoms. The van der Waals surface area contributed by atoms with Gasteiger partial charge in [-0.1, -0.05) is 12.1 Å². The number of nitrogens with one attached hydrogen (secondary N) is 1. The molecular weight excluding hydrogens is 360 g/mol. The van der Waals surface area contributed by atoms with Crippen molar-refractivity contribution in [3.63, 3.8) is 0 Å². The number of carboxylic acid groups (broad SMARTS) is 3. The number of aromatic hydroxyl groups is 1. The van der Waals surface area contributed by atoms with Crippen molar-refractivity contribution in [1.29, 1.82) is 0 Å². The SMILES string of the molecule is CN(C(=O)NC(C)(Cc1ccc(O)cc1)C(=O)O)C(CCC(=O)O)C(=O)O. The van der Waals surface area contributed by atoms with E-state index in [1.807, 2.05) is 0 Å². The van der Waals surface area contributed by atoms with Crippen LogP contribution in [0.15, 0.2) is 24.3 Å². The zero-order valence-corrected chi connectivity index (χ0v) is 14.9. The topological polar surface area (TPSA) is 164 Å². The van der Waals surface area contributed by atoms with Gasteiger partial charge in [0.2, 0.25) is 0 Å². The first-order chi connectivity index (χ1) is 12.5. The molecule has 0 bridgehead atoms. The standard InChI is InChI=1S/C17H22N2O8/c1-17(15(25)26,9-10-3-5-11(20)6-4-10)18-16(27)19(2)12(14(23)24)7-8-13(21)22/h3-6,12,20H,7-9H2,1-2H3,(H,18,27)(H,21,22)(H,23,24)(H,25,26). The minimum absolute atomic E-state index is 0.00211. The van der Waals surface area contributed by atoms with Gasteiger partial charge in [0.05, 0.1) is 0 Å². The number of benzene rings is 1. The van der Waals surface area contributed by atoms with Crippen molar-refractivity contribution < 1.29 is 39.6 Å². The molecule has 0 radical (unpaired) electrons. The molecule has 1 aromatic rings. The Labute approximate surface area is 155 Å². The third kappa shape index (κ3) is 6.17. The van der Waals surface area contributed by atoms with E-state index in [1.54, 1.807) is 0 Å². The van der Waals surface area contributed by atoms with Gasteiger partial charge in [-0.05, 0) is 31.0 Å². The maximum Gasteiger partial charge on any atom is 0.329 e. The minimum Gasteiger partial charge on any atom is -0.508 e. The summed E-state index contributed by atoms with van der Waals surface area (Å²) < 4.78 is 0. The van der Waals surface area contributed by atoms with E-state index in [9.17, 15) is 34.5 Å². The summed E-state index contributed by atoms with van der Waals surface area (Å²) in [5.41, 5.74) is -1.22. The van der Waals surface area contributed by atoms with Crippen LogP contribution < -0.4 is 5.32 Å². The fraction of sp³-hybridized carbons (Fsp3) is 0.412. The molecule has 0 aliphatic rings. The molecule has 1 aromatic carbocycles. The summed E-state index contributed by atoms with van der Waals surface area (Å²) in [4.78, 5) is 46.8. The lowest BCUT2D eigenvalue weighted by molar-refractivity contribution is -0.143. The van der Waals surface area contributed by atoms with Gasteiger partial charge in [0.15, 0.2) is 0 Å². The molecular formula is C17H22N2O8. The van der Waals surface area contributed by atoms with Gasteiger partial charge in [-0.3, -0.25) is 4.79 Å². The van der Waals surface area contributed by atoms with Gasteiger partial charge in [-0.15, -0.1) is 0 Å². The van der Waals surface area contributed by atoms with Crippen LogP contribution in [0, 0.1) is 0 Å². The van der Waals surface area contributed by atoms with Crippen LogP contribution >= 0.6 is 0 Å². The molecule has 1 rings (SSSR count).